The highest BCUT2D eigenvalue weighted by Gasteiger charge is 2.30. The third-order valence-electron chi connectivity index (χ3n) is 3.04. The van der Waals surface area contributed by atoms with Crippen LogP contribution in [0.3, 0.4) is 0 Å². The normalized spacial score (nSPS) is 10.9. The predicted molar refractivity (Wildman–Crippen MR) is 97.0 cm³/mol. The second kappa shape index (κ2) is 8.26. The maximum absolute atomic E-state index is 12.8. The summed E-state index contributed by atoms with van der Waals surface area (Å²) in [5, 5.41) is 3.16. The smallest absolute Gasteiger partial charge is 0.416 e. The van der Waals surface area contributed by atoms with Crippen molar-refractivity contribution in [2.24, 2.45) is 0 Å². The van der Waals surface area contributed by atoms with Crippen molar-refractivity contribution in [3.8, 4) is 5.75 Å². The molecular formula is C16H15ClF3N3OS. The third-order valence-corrected chi connectivity index (χ3v) is 3.57. The molecule has 0 amide bonds. The van der Waals surface area contributed by atoms with Crippen LogP contribution < -0.4 is 20.9 Å². The Bertz CT molecular complexity index is 756. The number of ether oxygens (including phenoxy) is 1. The van der Waals surface area contributed by atoms with E-state index < -0.39 is 11.7 Å². The molecule has 3 N–H and O–H groups in total. The van der Waals surface area contributed by atoms with Gasteiger partial charge in [-0.25, -0.2) is 0 Å². The first-order valence-electron chi connectivity index (χ1n) is 7.23. The summed E-state index contributed by atoms with van der Waals surface area (Å²) in [6.45, 7) is 2.33. The first kappa shape index (κ1) is 19.1. The lowest BCUT2D eigenvalue weighted by molar-refractivity contribution is -0.137. The van der Waals surface area contributed by atoms with Crippen LogP contribution >= 0.6 is 23.8 Å². The fraction of sp³-hybridized carbons (Fsp3) is 0.188. The Balaban J connectivity index is 2.03. The van der Waals surface area contributed by atoms with E-state index in [1.807, 2.05) is 13.0 Å². The minimum absolute atomic E-state index is 0.0544. The van der Waals surface area contributed by atoms with E-state index in [0.29, 0.717) is 18.0 Å². The highest BCUT2D eigenvalue weighted by molar-refractivity contribution is 7.80. The second-order valence-electron chi connectivity index (χ2n) is 4.83. The number of thiocarbonyl (C=S) groups is 1. The lowest BCUT2D eigenvalue weighted by atomic mass is 10.2. The van der Waals surface area contributed by atoms with E-state index in [1.165, 1.54) is 0 Å². The summed E-state index contributed by atoms with van der Waals surface area (Å²) in [5.41, 5.74) is 5.03. The molecule has 0 aromatic heterocycles. The monoisotopic (exact) mass is 389 g/mol. The Morgan fingerprint density at radius 1 is 1.16 bits per heavy atom. The maximum Gasteiger partial charge on any atom is 0.416 e. The fourth-order valence-electron chi connectivity index (χ4n) is 1.93. The number of anilines is 2. The number of halogens is 4. The third kappa shape index (κ3) is 5.40. The van der Waals surface area contributed by atoms with Crippen LogP contribution in [0.25, 0.3) is 0 Å². The number of nitrogens with one attached hydrogen (secondary N) is 3. The summed E-state index contributed by atoms with van der Waals surface area (Å²) in [5.74, 6) is 0.603. The maximum atomic E-state index is 12.8. The van der Waals surface area contributed by atoms with E-state index in [4.69, 9.17) is 28.6 Å². The SMILES string of the molecule is CCOc1ccccc1NC(=S)NNc1cc(C(F)(F)F)ccc1Cl. The first-order chi connectivity index (χ1) is 11.8. The van der Waals surface area contributed by atoms with Crippen molar-refractivity contribution in [3.05, 3.63) is 53.1 Å². The number of hydrazine groups is 1. The number of para-hydroxylation sites is 2. The molecule has 2 aromatic rings. The van der Waals surface area contributed by atoms with Crippen LogP contribution in [0, 0.1) is 0 Å². The van der Waals surface area contributed by atoms with Gasteiger partial charge in [0.15, 0.2) is 5.11 Å². The van der Waals surface area contributed by atoms with Crippen LogP contribution in [0.4, 0.5) is 24.5 Å². The molecule has 0 bridgehead atoms. The van der Waals surface area contributed by atoms with Gasteiger partial charge in [-0.2, -0.15) is 13.2 Å². The molecule has 4 nitrogen and oxygen atoms in total. The first-order valence-corrected chi connectivity index (χ1v) is 8.01. The van der Waals surface area contributed by atoms with E-state index in [0.717, 1.165) is 18.2 Å². The summed E-state index contributed by atoms with van der Waals surface area (Å²) in [7, 11) is 0. The molecular weight excluding hydrogens is 375 g/mol. The average molecular weight is 390 g/mol. The largest absolute Gasteiger partial charge is 0.492 e. The molecule has 134 valence electrons. The van der Waals surface area contributed by atoms with E-state index >= 15 is 0 Å². The summed E-state index contributed by atoms with van der Waals surface area (Å²) in [6.07, 6.45) is -4.46. The van der Waals surface area contributed by atoms with Gasteiger partial charge in [0.25, 0.3) is 0 Å². The summed E-state index contributed by atoms with van der Waals surface area (Å²) < 4.78 is 43.7. The van der Waals surface area contributed by atoms with Crippen molar-refractivity contribution in [3.63, 3.8) is 0 Å². The van der Waals surface area contributed by atoms with Crippen LogP contribution in [0.5, 0.6) is 5.75 Å². The minimum atomic E-state index is -4.46. The van der Waals surface area contributed by atoms with Gasteiger partial charge in [0.05, 0.1) is 28.6 Å². The number of alkyl halides is 3. The highest BCUT2D eigenvalue weighted by atomic mass is 35.5. The molecule has 0 saturated heterocycles. The molecule has 25 heavy (non-hydrogen) atoms. The van der Waals surface area contributed by atoms with Crippen molar-refractivity contribution < 1.29 is 17.9 Å². The van der Waals surface area contributed by atoms with E-state index in [9.17, 15) is 13.2 Å². The van der Waals surface area contributed by atoms with Crippen LogP contribution in [-0.2, 0) is 6.18 Å². The number of hydrogen-bond donors (Lipinski definition) is 3. The van der Waals surface area contributed by atoms with Crippen molar-refractivity contribution >= 4 is 40.3 Å². The number of rotatable bonds is 5. The van der Waals surface area contributed by atoms with Gasteiger partial charge in [0, 0.05) is 0 Å². The van der Waals surface area contributed by atoms with Gasteiger partial charge in [-0.3, -0.25) is 10.9 Å². The van der Waals surface area contributed by atoms with Crippen molar-refractivity contribution in [2.45, 2.75) is 13.1 Å². The Labute approximate surface area is 153 Å². The molecule has 0 spiro atoms. The lowest BCUT2D eigenvalue weighted by Gasteiger charge is -2.16. The fourth-order valence-corrected chi connectivity index (χ4v) is 2.25. The Kier molecular flexibility index (Phi) is 6.33. The summed E-state index contributed by atoms with van der Waals surface area (Å²) in [6, 6.07) is 10.1. The molecule has 0 aliphatic carbocycles. The van der Waals surface area contributed by atoms with Gasteiger partial charge in [-0.1, -0.05) is 23.7 Å². The zero-order chi connectivity index (χ0) is 18.4. The van der Waals surface area contributed by atoms with Crippen LogP contribution in [0.1, 0.15) is 12.5 Å². The molecule has 2 aromatic carbocycles. The minimum Gasteiger partial charge on any atom is -0.492 e. The van der Waals surface area contributed by atoms with Crippen LogP contribution in [0.15, 0.2) is 42.5 Å². The Morgan fingerprint density at radius 2 is 1.88 bits per heavy atom. The van der Waals surface area contributed by atoms with Gasteiger partial charge < -0.3 is 10.1 Å². The van der Waals surface area contributed by atoms with E-state index in [-0.39, 0.29) is 15.8 Å². The zero-order valence-electron chi connectivity index (χ0n) is 13.1. The predicted octanol–water partition coefficient (Wildman–Crippen LogP) is 5.07. The van der Waals surface area contributed by atoms with Gasteiger partial charge in [0.2, 0.25) is 0 Å². The van der Waals surface area contributed by atoms with Gasteiger partial charge in [-0.15, -0.1) is 0 Å². The average Bonchev–Trinajstić information content (AvgIpc) is 2.55. The van der Waals surface area contributed by atoms with Crippen molar-refractivity contribution in [1.29, 1.82) is 0 Å². The quantitative estimate of drug-likeness (QED) is 0.492. The molecule has 0 fully saturated rings. The molecule has 9 heteroatoms. The Hall–Kier alpha value is -2.19. The number of hydrogen-bond acceptors (Lipinski definition) is 3. The van der Waals surface area contributed by atoms with Crippen molar-refractivity contribution in [1.82, 2.24) is 5.43 Å². The van der Waals surface area contributed by atoms with Crippen LogP contribution in [-0.4, -0.2) is 11.7 Å². The molecule has 2 rings (SSSR count). The van der Waals surface area contributed by atoms with Gasteiger partial charge >= 0.3 is 6.18 Å². The van der Waals surface area contributed by atoms with Gasteiger partial charge in [-0.05, 0) is 49.5 Å². The van der Waals surface area contributed by atoms with Crippen LogP contribution in [0.2, 0.25) is 5.02 Å². The molecule has 0 saturated carbocycles. The van der Waals surface area contributed by atoms with Crippen molar-refractivity contribution in [2.75, 3.05) is 17.3 Å². The number of benzene rings is 2. The highest BCUT2D eigenvalue weighted by Crippen LogP contribution is 2.33. The summed E-state index contributed by atoms with van der Waals surface area (Å²) in [4.78, 5) is 0. The second-order valence-corrected chi connectivity index (χ2v) is 5.64. The lowest BCUT2D eigenvalue weighted by Crippen LogP contribution is -2.33. The molecule has 0 heterocycles. The standard InChI is InChI=1S/C16H15ClF3N3OS/c1-2-24-14-6-4-3-5-12(14)21-15(25)23-22-13-9-10(16(18,19)20)7-8-11(13)17/h3-9,22H,2H2,1H3,(H2,21,23,25). The molecule has 0 aliphatic heterocycles. The summed E-state index contributed by atoms with van der Waals surface area (Å²) >= 11 is 11.0. The Morgan fingerprint density at radius 3 is 2.56 bits per heavy atom. The van der Waals surface area contributed by atoms with Gasteiger partial charge in [0.1, 0.15) is 5.75 Å². The molecule has 0 radical (unpaired) electrons. The van der Waals surface area contributed by atoms with E-state index in [2.05, 4.69) is 16.2 Å². The molecule has 0 atom stereocenters. The zero-order valence-corrected chi connectivity index (χ0v) is 14.6. The molecule has 0 aliphatic rings. The topological polar surface area (TPSA) is 45.3 Å². The van der Waals surface area contributed by atoms with E-state index in [1.54, 1.807) is 18.2 Å². The molecule has 0 unspecified atom stereocenters.